The zero-order chi connectivity index (χ0) is 11.4. The van der Waals surface area contributed by atoms with Crippen LogP contribution in [0.15, 0.2) is 0 Å². The summed E-state index contributed by atoms with van der Waals surface area (Å²) < 4.78 is 10.8. The van der Waals surface area contributed by atoms with Gasteiger partial charge in [0.25, 0.3) is 0 Å². The van der Waals surface area contributed by atoms with Crippen molar-refractivity contribution < 1.29 is 14.3 Å². The molecule has 0 aromatic carbocycles. The second-order valence-corrected chi connectivity index (χ2v) is 5.85. The van der Waals surface area contributed by atoms with E-state index in [0.29, 0.717) is 6.10 Å². The van der Waals surface area contributed by atoms with E-state index in [9.17, 15) is 4.79 Å². The molecule has 2 aliphatic carbocycles. The summed E-state index contributed by atoms with van der Waals surface area (Å²) in [5.41, 5.74) is -0.0233. The minimum absolute atomic E-state index is 0.0220. The van der Waals surface area contributed by atoms with E-state index in [0.717, 1.165) is 12.8 Å². The predicted molar refractivity (Wildman–Crippen MR) is 58.9 cm³/mol. The number of hydrogen-bond donors (Lipinski definition) is 0. The molecular formula is C13H20O3. The normalized spacial score (nSPS) is 44.1. The highest BCUT2D eigenvalue weighted by Gasteiger charge is 2.69. The molecule has 1 saturated heterocycles. The van der Waals surface area contributed by atoms with Gasteiger partial charge in [0.15, 0.2) is 0 Å². The maximum absolute atomic E-state index is 12.1. The van der Waals surface area contributed by atoms with Gasteiger partial charge in [0.2, 0.25) is 0 Å². The molecule has 0 aromatic rings. The van der Waals surface area contributed by atoms with E-state index in [2.05, 4.69) is 6.92 Å². The molecule has 0 amide bonds. The van der Waals surface area contributed by atoms with Gasteiger partial charge in [-0.3, -0.25) is 4.79 Å². The Morgan fingerprint density at radius 2 is 2.00 bits per heavy atom. The number of epoxide rings is 1. The fourth-order valence-corrected chi connectivity index (χ4v) is 4.26. The van der Waals surface area contributed by atoms with Crippen molar-refractivity contribution in [1.29, 1.82) is 0 Å². The first-order valence-electron chi connectivity index (χ1n) is 6.38. The fraction of sp³-hybridized carbons (Fsp3) is 0.923. The minimum atomic E-state index is -0.213. The van der Waals surface area contributed by atoms with E-state index in [4.69, 9.17) is 9.47 Å². The summed E-state index contributed by atoms with van der Waals surface area (Å²) in [5, 5.41) is 0. The van der Waals surface area contributed by atoms with Crippen LogP contribution in [0.3, 0.4) is 0 Å². The average Bonchev–Trinajstić information content (AvgIpc) is 2.72. The number of ether oxygens (including phenoxy) is 2. The highest BCUT2D eigenvalue weighted by Crippen LogP contribution is 2.63. The van der Waals surface area contributed by atoms with Gasteiger partial charge in [-0.2, -0.15) is 0 Å². The number of esters is 1. The SMILES string of the molecule is COC(=O)C1C2(CCCC2)CCC2OC21C. The van der Waals surface area contributed by atoms with Crippen LogP contribution in [0.2, 0.25) is 0 Å². The lowest BCUT2D eigenvalue weighted by Gasteiger charge is -2.41. The third kappa shape index (κ3) is 1.21. The zero-order valence-corrected chi connectivity index (χ0v) is 10.1. The van der Waals surface area contributed by atoms with E-state index in [1.165, 1.54) is 32.8 Å². The van der Waals surface area contributed by atoms with Crippen LogP contribution in [0.5, 0.6) is 0 Å². The van der Waals surface area contributed by atoms with Crippen molar-refractivity contribution in [2.75, 3.05) is 7.11 Å². The van der Waals surface area contributed by atoms with Crippen LogP contribution in [0.4, 0.5) is 0 Å². The molecule has 0 aromatic heterocycles. The van der Waals surface area contributed by atoms with Gasteiger partial charge in [0.05, 0.1) is 19.1 Å². The van der Waals surface area contributed by atoms with Crippen LogP contribution >= 0.6 is 0 Å². The van der Waals surface area contributed by atoms with Crippen molar-refractivity contribution in [3.63, 3.8) is 0 Å². The number of carbonyl (C=O) groups is 1. The second-order valence-electron chi connectivity index (χ2n) is 5.85. The molecule has 3 nitrogen and oxygen atoms in total. The summed E-state index contributed by atoms with van der Waals surface area (Å²) in [6.07, 6.45) is 7.46. The summed E-state index contributed by atoms with van der Waals surface area (Å²) in [4.78, 5) is 12.1. The summed E-state index contributed by atoms with van der Waals surface area (Å²) in [7, 11) is 1.50. The Hall–Kier alpha value is -0.570. The number of methoxy groups -OCH3 is 1. The Bertz CT molecular complexity index is 319. The van der Waals surface area contributed by atoms with Gasteiger partial charge in [-0.25, -0.2) is 0 Å². The van der Waals surface area contributed by atoms with Gasteiger partial charge in [-0.05, 0) is 38.0 Å². The molecule has 1 heterocycles. The van der Waals surface area contributed by atoms with Gasteiger partial charge in [0.1, 0.15) is 5.60 Å². The Labute approximate surface area is 96.5 Å². The highest BCUT2D eigenvalue weighted by molar-refractivity contribution is 5.76. The number of hydrogen-bond acceptors (Lipinski definition) is 3. The van der Waals surface area contributed by atoms with Gasteiger partial charge in [0, 0.05) is 0 Å². The monoisotopic (exact) mass is 224 g/mol. The largest absolute Gasteiger partial charge is 0.469 e. The van der Waals surface area contributed by atoms with Gasteiger partial charge in [-0.15, -0.1) is 0 Å². The standard InChI is InChI=1S/C13H20O3/c1-12-9(16-12)5-8-13(6-3-4-7-13)10(12)11(14)15-2/h9-10H,3-8H2,1-2H3. The van der Waals surface area contributed by atoms with Crippen molar-refractivity contribution in [3.8, 4) is 0 Å². The molecule has 1 spiro atoms. The average molecular weight is 224 g/mol. The van der Waals surface area contributed by atoms with E-state index in [1.807, 2.05) is 0 Å². The molecule has 3 aliphatic rings. The van der Waals surface area contributed by atoms with E-state index >= 15 is 0 Å². The highest BCUT2D eigenvalue weighted by atomic mass is 16.6. The van der Waals surface area contributed by atoms with Crippen LogP contribution in [0.25, 0.3) is 0 Å². The number of fused-ring (bicyclic) bond motifs is 1. The molecule has 3 atom stereocenters. The first-order valence-corrected chi connectivity index (χ1v) is 6.38. The molecule has 0 radical (unpaired) electrons. The molecule has 3 fully saturated rings. The third-order valence-corrected chi connectivity index (χ3v) is 5.10. The predicted octanol–water partition coefficient (Wildman–Crippen LogP) is 2.29. The molecule has 16 heavy (non-hydrogen) atoms. The first kappa shape index (κ1) is 10.6. The molecule has 3 heteroatoms. The van der Waals surface area contributed by atoms with Crippen molar-refractivity contribution >= 4 is 5.97 Å². The Kier molecular flexibility index (Phi) is 2.13. The lowest BCUT2D eigenvalue weighted by molar-refractivity contribution is -0.155. The molecule has 1 aliphatic heterocycles. The van der Waals surface area contributed by atoms with Gasteiger partial charge in [-0.1, -0.05) is 12.8 Å². The van der Waals surface area contributed by atoms with Crippen LogP contribution in [0.1, 0.15) is 45.4 Å². The van der Waals surface area contributed by atoms with Crippen molar-refractivity contribution in [2.24, 2.45) is 11.3 Å². The van der Waals surface area contributed by atoms with Crippen molar-refractivity contribution in [1.82, 2.24) is 0 Å². The maximum Gasteiger partial charge on any atom is 0.312 e. The van der Waals surface area contributed by atoms with E-state index < -0.39 is 0 Å². The van der Waals surface area contributed by atoms with Crippen molar-refractivity contribution in [3.05, 3.63) is 0 Å². The summed E-state index contributed by atoms with van der Waals surface area (Å²) in [6, 6.07) is 0. The molecule has 3 rings (SSSR count). The van der Waals surface area contributed by atoms with E-state index in [-0.39, 0.29) is 22.9 Å². The Balaban J connectivity index is 1.95. The Morgan fingerprint density at radius 1 is 1.31 bits per heavy atom. The van der Waals surface area contributed by atoms with Crippen LogP contribution in [-0.4, -0.2) is 24.8 Å². The van der Waals surface area contributed by atoms with Gasteiger partial charge >= 0.3 is 5.97 Å². The fourth-order valence-electron chi connectivity index (χ4n) is 4.26. The molecule has 90 valence electrons. The van der Waals surface area contributed by atoms with Crippen LogP contribution < -0.4 is 0 Å². The molecule has 2 saturated carbocycles. The zero-order valence-electron chi connectivity index (χ0n) is 10.1. The smallest absolute Gasteiger partial charge is 0.312 e. The third-order valence-electron chi connectivity index (χ3n) is 5.10. The first-order chi connectivity index (χ1) is 7.62. The minimum Gasteiger partial charge on any atom is -0.469 e. The quantitative estimate of drug-likeness (QED) is 0.506. The lowest BCUT2D eigenvalue weighted by atomic mass is 9.61. The summed E-state index contributed by atoms with van der Waals surface area (Å²) in [5.74, 6) is -0.0714. The molecule has 0 bridgehead atoms. The van der Waals surface area contributed by atoms with Gasteiger partial charge < -0.3 is 9.47 Å². The number of carbonyl (C=O) groups excluding carboxylic acids is 1. The van der Waals surface area contributed by atoms with Crippen LogP contribution in [0, 0.1) is 11.3 Å². The topological polar surface area (TPSA) is 38.8 Å². The maximum atomic E-state index is 12.1. The Morgan fingerprint density at radius 3 is 2.62 bits per heavy atom. The van der Waals surface area contributed by atoms with Crippen molar-refractivity contribution in [2.45, 2.75) is 57.2 Å². The summed E-state index contributed by atoms with van der Waals surface area (Å²) >= 11 is 0. The number of rotatable bonds is 1. The lowest BCUT2D eigenvalue weighted by Crippen LogP contribution is -2.47. The molecule has 3 unspecified atom stereocenters. The summed E-state index contributed by atoms with van der Waals surface area (Å²) in [6.45, 7) is 2.10. The van der Waals surface area contributed by atoms with E-state index in [1.54, 1.807) is 0 Å². The second kappa shape index (κ2) is 3.22. The molecule has 0 N–H and O–H groups in total. The van der Waals surface area contributed by atoms with Crippen LogP contribution in [-0.2, 0) is 14.3 Å². The molecular weight excluding hydrogens is 204 g/mol.